The highest BCUT2D eigenvalue weighted by Crippen LogP contribution is 2.22. The summed E-state index contributed by atoms with van der Waals surface area (Å²) in [5, 5.41) is 2.69. The number of hydrogen-bond acceptors (Lipinski definition) is 4. The minimum absolute atomic E-state index is 0.0393. The molecule has 0 aliphatic heterocycles. The summed E-state index contributed by atoms with van der Waals surface area (Å²) in [7, 11) is -1.91. The Morgan fingerprint density at radius 3 is 2.50 bits per heavy atom. The molecule has 1 saturated carbocycles. The molecule has 0 spiro atoms. The van der Waals surface area contributed by atoms with Crippen molar-refractivity contribution in [2.75, 3.05) is 12.4 Å². The fraction of sp³-hybridized carbons (Fsp3) is 0.294. The molecule has 138 valence electrons. The van der Waals surface area contributed by atoms with Crippen molar-refractivity contribution in [1.29, 1.82) is 0 Å². The number of carbonyl (C=O) groups is 1. The van der Waals surface area contributed by atoms with Crippen LogP contribution in [0.1, 0.15) is 18.5 Å². The van der Waals surface area contributed by atoms with Crippen LogP contribution < -0.4 is 15.6 Å². The number of nitrogens with one attached hydrogen (secondary N) is 3. The van der Waals surface area contributed by atoms with Gasteiger partial charge in [0, 0.05) is 30.5 Å². The third-order valence-corrected chi connectivity index (χ3v) is 5.43. The molecule has 1 aliphatic rings. The molecule has 1 fully saturated rings. The van der Waals surface area contributed by atoms with E-state index in [9.17, 15) is 18.0 Å². The molecule has 2 aromatic rings. The van der Waals surface area contributed by atoms with E-state index in [0.29, 0.717) is 11.4 Å². The second-order valence-corrected chi connectivity index (χ2v) is 7.96. The molecule has 0 bridgehead atoms. The first-order chi connectivity index (χ1) is 12.3. The average Bonchev–Trinajstić information content (AvgIpc) is 3.38. The minimum Gasteiger partial charge on any atom is -0.324 e. The summed E-state index contributed by atoms with van der Waals surface area (Å²) in [4.78, 5) is 27.7. The highest BCUT2D eigenvalue weighted by Gasteiger charge is 2.27. The van der Waals surface area contributed by atoms with Crippen LogP contribution >= 0.6 is 0 Å². The number of aromatic nitrogens is 1. The van der Waals surface area contributed by atoms with Crippen molar-refractivity contribution in [3.8, 4) is 0 Å². The van der Waals surface area contributed by atoms with Gasteiger partial charge in [0.2, 0.25) is 15.6 Å². The molecule has 1 aromatic heterocycles. The minimum atomic E-state index is -3.51. The number of H-pyrrole nitrogens is 1. The highest BCUT2D eigenvalue weighted by atomic mass is 32.2. The summed E-state index contributed by atoms with van der Waals surface area (Å²) in [5.41, 5.74) is 0.865. The van der Waals surface area contributed by atoms with Crippen molar-refractivity contribution in [2.24, 2.45) is 0 Å². The van der Waals surface area contributed by atoms with E-state index >= 15 is 0 Å². The maximum absolute atomic E-state index is 12.2. The van der Waals surface area contributed by atoms with Crippen molar-refractivity contribution in [3.63, 3.8) is 0 Å². The molecule has 3 rings (SSSR count). The van der Waals surface area contributed by atoms with Crippen molar-refractivity contribution in [1.82, 2.24) is 14.6 Å². The summed E-state index contributed by atoms with van der Waals surface area (Å²) >= 11 is 0. The van der Waals surface area contributed by atoms with E-state index in [1.54, 1.807) is 19.2 Å². The average molecular weight is 376 g/mol. The molecule has 1 aliphatic carbocycles. The predicted molar refractivity (Wildman–Crippen MR) is 97.3 cm³/mol. The first-order valence-electron chi connectivity index (χ1n) is 8.16. The van der Waals surface area contributed by atoms with E-state index in [0.717, 1.165) is 12.8 Å². The number of anilines is 1. The largest absolute Gasteiger partial charge is 0.324 e. The molecule has 0 atom stereocenters. The van der Waals surface area contributed by atoms with Gasteiger partial charge in [-0.25, -0.2) is 17.9 Å². The van der Waals surface area contributed by atoms with Gasteiger partial charge < -0.3 is 15.2 Å². The highest BCUT2D eigenvalue weighted by molar-refractivity contribution is 7.89. The summed E-state index contributed by atoms with van der Waals surface area (Å²) in [6.07, 6.45) is 1.73. The number of aromatic amines is 1. The molecule has 1 aromatic carbocycles. The van der Waals surface area contributed by atoms with Crippen molar-refractivity contribution >= 4 is 21.7 Å². The van der Waals surface area contributed by atoms with Crippen molar-refractivity contribution in [2.45, 2.75) is 30.3 Å². The summed E-state index contributed by atoms with van der Waals surface area (Å²) in [5.74, 6) is 0. The maximum Gasteiger partial charge on any atom is 0.321 e. The fourth-order valence-electron chi connectivity index (χ4n) is 2.34. The van der Waals surface area contributed by atoms with Gasteiger partial charge in [0.05, 0.1) is 11.4 Å². The summed E-state index contributed by atoms with van der Waals surface area (Å²) in [6.45, 7) is 0.236. The summed E-state index contributed by atoms with van der Waals surface area (Å²) in [6, 6.07) is 10.4. The molecule has 1 heterocycles. The SMILES string of the molecule is CN(Cc1cccc(=O)[nH]1)C(=O)Nc1ccc(S(=O)(=O)NC2CC2)cc1. The number of hydrogen-bond donors (Lipinski definition) is 3. The number of carbonyl (C=O) groups excluding carboxylic acids is 1. The van der Waals surface area contributed by atoms with Crippen LogP contribution in [0.2, 0.25) is 0 Å². The smallest absolute Gasteiger partial charge is 0.321 e. The lowest BCUT2D eigenvalue weighted by molar-refractivity contribution is 0.220. The molecule has 9 heteroatoms. The van der Waals surface area contributed by atoms with Gasteiger partial charge in [0.15, 0.2) is 0 Å². The van der Waals surface area contributed by atoms with E-state index in [1.165, 1.54) is 35.2 Å². The van der Waals surface area contributed by atoms with Gasteiger partial charge >= 0.3 is 6.03 Å². The Balaban J connectivity index is 1.61. The Bertz CT molecular complexity index is 949. The van der Waals surface area contributed by atoms with E-state index < -0.39 is 10.0 Å². The molecular formula is C17H20N4O4S. The second kappa shape index (κ2) is 7.30. The lowest BCUT2D eigenvalue weighted by atomic mass is 10.3. The Kier molecular flexibility index (Phi) is 5.10. The monoisotopic (exact) mass is 376 g/mol. The zero-order valence-corrected chi connectivity index (χ0v) is 15.0. The van der Waals surface area contributed by atoms with Crippen LogP contribution in [-0.2, 0) is 16.6 Å². The second-order valence-electron chi connectivity index (χ2n) is 6.25. The van der Waals surface area contributed by atoms with Gasteiger partial charge in [-0.3, -0.25) is 4.79 Å². The number of amides is 2. The Morgan fingerprint density at radius 2 is 1.88 bits per heavy atom. The van der Waals surface area contributed by atoms with E-state index in [4.69, 9.17) is 0 Å². The first-order valence-corrected chi connectivity index (χ1v) is 9.64. The quantitative estimate of drug-likeness (QED) is 0.709. The third kappa shape index (κ3) is 4.70. The zero-order chi connectivity index (χ0) is 18.7. The Labute approximate surface area is 151 Å². The molecular weight excluding hydrogens is 356 g/mol. The standard InChI is InChI=1S/C17H20N4O4S/c1-21(11-14-3-2-4-16(22)18-14)17(23)19-12-7-9-15(10-8-12)26(24,25)20-13-5-6-13/h2-4,7-10,13,20H,5-6,11H2,1H3,(H,18,22)(H,19,23). The van der Waals surface area contributed by atoms with E-state index in [-0.39, 0.29) is 29.1 Å². The maximum atomic E-state index is 12.2. The van der Waals surface area contributed by atoms with Gasteiger partial charge in [-0.15, -0.1) is 0 Å². The van der Waals surface area contributed by atoms with Gasteiger partial charge in [-0.05, 0) is 43.2 Å². The van der Waals surface area contributed by atoms with Gasteiger partial charge in [-0.1, -0.05) is 6.07 Å². The molecule has 0 saturated heterocycles. The first kappa shape index (κ1) is 18.2. The molecule has 26 heavy (non-hydrogen) atoms. The number of nitrogens with zero attached hydrogens (tertiary/aromatic N) is 1. The van der Waals surface area contributed by atoms with Crippen molar-refractivity contribution in [3.05, 3.63) is 58.5 Å². The predicted octanol–water partition coefficient (Wildman–Crippen LogP) is 1.48. The number of sulfonamides is 1. The molecule has 0 unspecified atom stereocenters. The molecule has 2 amide bonds. The van der Waals surface area contributed by atoms with Crippen LogP contribution in [0.3, 0.4) is 0 Å². The van der Waals surface area contributed by atoms with Gasteiger partial charge in [-0.2, -0.15) is 0 Å². The topological polar surface area (TPSA) is 111 Å². The van der Waals surface area contributed by atoms with Gasteiger partial charge in [0.1, 0.15) is 0 Å². The van der Waals surface area contributed by atoms with Crippen LogP contribution in [0.25, 0.3) is 0 Å². The van der Waals surface area contributed by atoms with Crippen LogP contribution in [0, 0.1) is 0 Å². The van der Waals surface area contributed by atoms with Crippen LogP contribution in [0.5, 0.6) is 0 Å². The molecule has 8 nitrogen and oxygen atoms in total. The molecule has 3 N–H and O–H groups in total. The Morgan fingerprint density at radius 1 is 1.19 bits per heavy atom. The summed E-state index contributed by atoms with van der Waals surface area (Å²) < 4.78 is 26.8. The number of urea groups is 1. The lowest BCUT2D eigenvalue weighted by Gasteiger charge is -2.18. The normalized spacial score (nSPS) is 14.0. The number of pyridine rings is 1. The van der Waals surface area contributed by atoms with E-state index in [1.807, 2.05) is 0 Å². The number of benzene rings is 1. The molecule has 0 radical (unpaired) electrons. The fourth-order valence-corrected chi connectivity index (χ4v) is 3.64. The number of rotatable bonds is 6. The van der Waals surface area contributed by atoms with Crippen LogP contribution in [0.15, 0.2) is 52.2 Å². The van der Waals surface area contributed by atoms with Crippen LogP contribution in [0.4, 0.5) is 10.5 Å². The van der Waals surface area contributed by atoms with E-state index in [2.05, 4.69) is 15.0 Å². The van der Waals surface area contributed by atoms with Crippen molar-refractivity contribution < 1.29 is 13.2 Å². The zero-order valence-electron chi connectivity index (χ0n) is 14.2. The van der Waals surface area contributed by atoms with Crippen LogP contribution in [-0.4, -0.2) is 37.4 Å². The third-order valence-electron chi connectivity index (χ3n) is 3.90. The Hall–Kier alpha value is -2.65. The lowest BCUT2D eigenvalue weighted by Crippen LogP contribution is -2.31. The van der Waals surface area contributed by atoms with Gasteiger partial charge in [0.25, 0.3) is 0 Å².